The lowest BCUT2D eigenvalue weighted by Gasteiger charge is -2.48. The van der Waals surface area contributed by atoms with Crippen molar-refractivity contribution in [1.29, 1.82) is 0 Å². The van der Waals surface area contributed by atoms with Crippen LogP contribution in [-0.4, -0.2) is 18.4 Å². The molecular weight excluding hydrogens is 1190 g/mol. The van der Waals surface area contributed by atoms with Crippen LogP contribution in [0.1, 0.15) is 0 Å². The maximum absolute atomic E-state index is 5.26. The van der Waals surface area contributed by atoms with E-state index in [9.17, 15) is 0 Å². The van der Waals surface area contributed by atoms with Gasteiger partial charge in [-0.3, -0.25) is 4.98 Å². The molecule has 4 aliphatic rings. The normalized spacial score (nSPS) is 12.8. The summed E-state index contributed by atoms with van der Waals surface area (Å²) in [6, 6.07) is 134. The summed E-state index contributed by atoms with van der Waals surface area (Å²) in [7, 11) is 0. The van der Waals surface area contributed by atoms with Gasteiger partial charge < -0.3 is 29.4 Å². The Labute approximate surface area is 572 Å². The first-order chi connectivity index (χ1) is 48.7. The van der Waals surface area contributed by atoms with Crippen molar-refractivity contribution in [3.05, 3.63) is 370 Å². The highest BCUT2D eigenvalue weighted by Crippen LogP contribution is 2.55. The average molecular weight is 1250 g/mol. The molecule has 4 aliphatic heterocycles. The van der Waals surface area contributed by atoms with Gasteiger partial charge in [0, 0.05) is 103 Å². The molecule has 19 rings (SSSR count). The predicted molar refractivity (Wildman–Crippen MR) is 413 cm³/mol. The lowest BCUT2D eigenvalue weighted by molar-refractivity contribution is 1.21. The minimum atomic E-state index is -0.246. The van der Waals surface area contributed by atoms with Crippen molar-refractivity contribution in [3.8, 4) is 22.4 Å². The van der Waals surface area contributed by atoms with Crippen LogP contribution in [0.4, 0.5) is 102 Å². The molecule has 98 heavy (non-hydrogen) atoms. The smallest absolute Gasteiger partial charge is 0.252 e. The van der Waals surface area contributed by atoms with Gasteiger partial charge in [0.05, 0.1) is 22.8 Å². The number of para-hydroxylation sites is 10. The van der Waals surface area contributed by atoms with Crippen LogP contribution in [0.2, 0.25) is 0 Å². The van der Waals surface area contributed by atoms with Crippen LogP contribution in [0.25, 0.3) is 22.4 Å². The van der Waals surface area contributed by atoms with Crippen LogP contribution < -0.4 is 62.2 Å². The molecule has 0 saturated carbocycles. The largest absolute Gasteiger partial charge is 0.311 e. The zero-order chi connectivity index (χ0) is 64.6. The second-order valence-electron chi connectivity index (χ2n) is 25.4. The van der Waals surface area contributed by atoms with Crippen LogP contribution in [0.15, 0.2) is 370 Å². The molecule has 0 bridgehead atoms. The van der Waals surface area contributed by atoms with Gasteiger partial charge in [0.2, 0.25) is 0 Å². The molecule has 0 N–H and O–H groups in total. The third-order valence-electron chi connectivity index (χ3n) is 19.9. The summed E-state index contributed by atoms with van der Waals surface area (Å²) in [6.45, 7) is -0.459. The molecule has 5 heterocycles. The highest BCUT2D eigenvalue weighted by Gasteiger charge is 2.49. The highest BCUT2D eigenvalue weighted by atomic mass is 15.2. The van der Waals surface area contributed by atoms with E-state index in [2.05, 4.69) is 387 Å². The summed E-state index contributed by atoms with van der Waals surface area (Å²) in [6.07, 6.45) is 1.93. The van der Waals surface area contributed by atoms with Gasteiger partial charge in [0.15, 0.2) is 0 Å². The number of benzene rings is 14. The van der Waals surface area contributed by atoms with Gasteiger partial charge in [-0.25, -0.2) is 0 Å². The highest BCUT2D eigenvalue weighted by molar-refractivity contribution is 7.03. The quantitative estimate of drug-likeness (QED) is 0.113. The monoisotopic (exact) mass is 1250 g/mol. The van der Waals surface area contributed by atoms with Crippen LogP contribution >= 0.6 is 0 Å². The van der Waals surface area contributed by atoms with Crippen molar-refractivity contribution in [2.24, 2.45) is 0 Å². The lowest BCUT2D eigenvalue weighted by Crippen LogP contribution is -2.65. The van der Waals surface area contributed by atoms with Crippen molar-refractivity contribution in [2.75, 3.05) is 29.4 Å². The fourth-order valence-electron chi connectivity index (χ4n) is 16.0. The Hall–Kier alpha value is -12.8. The molecule has 458 valence electrons. The summed E-state index contributed by atoms with van der Waals surface area (Å²) in [5, 5.41) is 0. The Balaban J connectivity index is 0.980. The molecule has 1 aromatic heterocycles. The van der Waals surface area contributed by atoms with Gasteiger partial charge in [0.1, 0.15) is 0 Å². The zero-order valence-electron chi connectivity index (χ0n) is 53.5. The molecule has 9 heteroatoms. The number of pyridine rings is 1. The summed E-state index contributed by atoms with van der Waals surface area (Å²) < 4.78 is 0. The molecule has 0 aliphatic carbocycles. The molecule has 0 saturated heterocycles. The van der Waals surface area contributed by atoms with Gasteiger partial charge in [-0.2, -0.15) is 0 Å². The molecule has 0 radical (unpaired) electrons. The van der Waals surface area contributed by atoms with Gasteiger partial charge in [0.25, 0.3) is 13.4 Å². The fourth-order valence-corrected chi connectivity index (χ4v) is 16.0. The van der Waals surface area contributed by atoms with E-state index < -0.39 is 0 Å². The Morgan fingerprint density at radius 2 is 0.582 bits per heavy atom. The van der Waals surface area contributed by atoms with E-state index >= 15 is 0 Å². The van der Waals surface area contributed by atoms with Crippen molar-refractivity contribution >= 4 is 149 Å². The summed E-state index contributed by atoms with van der Waals surface area (Å²) in [5.74, 6) is 0. The van der Waals surface area contributed by atoms with E-state index in [4.69, 9.17) is 4.98 Å². The van der Waals surface area contributed by atoms with E-state index in [1.165, 1.54) is 32.8 Å². The minimum absolute atomic E-state index is 0.213. The van der Waals surface area contributed by atoms with E-state index in [0.717, 1.165) is 125 Å². The SMILES string of the molecule is c1ccc(-c2cccc(-c3ccccn3)c2N2c3cc4c(cc3B3c5ccccc5N(c5ccccc5)c5cc(N(c6ccccc6)c6ccccc6)cc2c53)B2c3ccccc3N(c3ccccc3)c3cc(N(c5ccccc5)c5ccccc5)cc(c32)N4c2ccccc2)cc1. The number of aromatic nitrogens is 1. The summed E-state index contributed by atoms with van der Waals surface area (Å²) in [5.41, 5.74) is 30.8. The first kappa shape index (κ1) is 56.7. The standard InChI is InChI=1S/C89H61B2N7/c1-9-32-62(33-10-1)72-48-31-49-73(78-52-29-30-55-92-78)89(72)98-82-61-81-76(60-77(82)91-75-51-26-28-54-80(75)96(68-44-21-7-22-45-68)84-57-71(59-86(98)88(84)91)94(65-38-15-4-16-39-65)66-40-17-5-18-41-66)90-74-50-25-27-53-79(74)95(67-42-19-6-20-43-67)83-56-70(58-85(87(83)90)97(81)69-46-23-8-24-47-69)93(63-34-11-2-12-35-63)64-36-13-3-14-37-64/h1-61H. The van der Waals surface area contributed by atoms with Crippen LogP contribution in [0, 0.1) is 0 Å². The van der Waals surface area contributed by atoms with Crippen molar-refractivity contribution < 1.29 is 0 Å². The van der Waals surface area contributed by atoms with E-state index in [-0.39, 0.29) is 13.4 Å². The van der Waals surface area contributed by atoms with Crippen LogP contribution in [0.3, 0.4) is 0 Å². The maximum atomic E-state index is 5.26. The second kappa shape index (κ2) is 23.6. The maximum Gasteiger partial charge on any atom is 0.252 e. The van der Waals surface area contributed by atoms with Gasteiger partial charge in [-0.15, -0.1) is 0 Å². The number of anilines is 18. The second-order valence-corrected chi connectivity index (χ2v) is 25.4. The Kier molecular flexibility index (Phi) is 13.6. The molecule has 0 atom stereocenters. The van der Waals surface area contributed by atoms with Crippen molar-refractivity contribution in [2.45, 2.75) is 0 Å². The van der Waals surface area contributed by atoms with Crippen LogP contribution in [-0.2, 0) is 0 Å². The number of hydrogen-bond acceptors (Lipinski definition) is 7. The molecule has 14 aromatic carbocycles. The first-order valence-corrected chi connectivity index (χ1v) is 33.7. The fraction of sp³-hybridized carbons (Fsp3) is 0. The predicted octanol–water partition coefficient (Wildman–Crippen LogP) is 19.5. The Morgan fingerprint density at radius 1 is 0.235 bits per heavy atom. The van der Waals surface area contributed by atoms with Crippen LogP contribution in [0.5, 0.6) is 0 Å². The van der Waals surface area contributed by atoms with Gasteiger partial charge >= 0.3 is 0 Å². The first-order valence-electron chi connectivity index (χ1n) is 33.7. The summed E-state index contributed by atoms with van der Waals surface area (Å²) >= 11 is 0. The van der Waals surface area contributed by atoms with E-state index in [0.29, 0.717) is 0 Å². The minimum Gasteiger partial charge on any atom is -0.311 e. The molecule has 0 amide bonds. The van der Waals surface area contributed by atoms with Gasteiger partial charge in [-0.05, 0) is 178 Å². The van der Waals surface area contributed by atoms with E-state index in [1.54, 1.807) is 0 Å². The summed E-state index contributed by atoms with van der Waals surface area (Å²) in [4.78, 5) is 20.4. The van der Waals surface area contributed by atoms with E-state index in [1.807, 2.05) is 12.3 Å². The third-order valence-corrected chi connectivity index (χ3v) is 19.9. The number of fused-ring (bicyclic) bond motifs is 8. The Morgan fingerprint density at radius 3 is 1.00 bits per heavy atom. The lowest BCUT2D eigenvalue weighted by atomic mass is 9.30. The molecule has 0 spiro atoms. The van der Waals surface area contributed by atoms with Crippen molar-refractivity contribution in [3.63, 3.8) is 0 Å². The molecule has 7 nitrogen and oxygen atoms in total. The molecular formula is C89H61B2N7. The topological polar surface area (TPSA) is 32.3 Å². The number of nitrogens with zero attached hydrogens (tertiary/aromatic N) is 7. The third kappa shape index (κ3) is 9.19. The molecule has 0 fully saturated rings. The zero-order valence-corrected chi connectivity index (χ0v) is 53.5. The molecule has 0 unspecified atom stereocenters. The molecule has 15 aromatic rings. The van der Waals surface area contributed by atoms with Crippen molar-refractivity contribution in [1.82, 2.24) is 4.98 Å². The number of hydrogen-bond donors (Lipinski definition) is 0. The Bertz CT molecular complexity index is 5350. The average Bonchev–Trinajstić information content (AvgIpc) is 0.683. The number of rotatable bonds is 12. The van der Waals surface area contributed by atoms with Gasteiger partial charge in [-0.1, -0.05) is 224 Å².